The van der Waals surface area contributed by atoms with Crippen molar-refractivity contribution in [3.8, 4) is 11.5 Å². The molecular weight excluding hydrogens is 316 g/mol. The number of benzene rings is 2. The molecule has 25 heavy (non-hydrogen) atoms. The van der Waals surface area contributed by atoms with Gasteiger partial charge in [0.15, 0.2) is 18.1 Å². The molecule has 0 aliphatic heterocycles. The van der Waals surface area contributed by atoms with Crippen LogP contribution in [0, 0.1) is 0 Å². The van der Waals surface area contributed by atoms with Crippen molar-refractivity contribution in [3.63, 3.8) is 0 Å². The lowest BCUT2D eigenvalue weighted by Crippen LogP contribution is -2.24. The smallest absolute Gasteiger partial charge is 0.277 e. The SMILES string of the molecule is CCOc1ccccc1OCC(=O)NN=Cc1ccc(C(C)C)cc1. The second-order valence-corrected chi connectivity index (χ2v) is 5.78. The van der Waals surface area contributed by atoms with Crippen LogP contribution in [0.5, 0.6) is 11.5 Å². The third kappa shape index (κ3) is 5.95. The van der Waals surface area contributed by atoms with Crippen molar-refractivity contribution in [3.05, 3.63) is 59.7 Å². The van der Waals surface area contributed by atoms with Crippen LogP contribution in [0.2, 0.25) is 0 Å². The van der Waals surface area contributed by atoms with Gasteiger partial charge >= 0.3 is 0 Å². The second kappa shape index (κ2) is 9.47. The number of hydrazone groups is 1. The molecule has 0 atom stereocenters. The van der Waals surface area contributed by atoms with E-state index >= 15 is 0 Å². The molecule has 2 aromatic carbocycles. The molecule has 5 nitrogen and oxygen atoms in total. The van der Waals surface area contributed by atoms with E-state index in [2.05, 4.69) is 36.5 Å². The van der Waals surface area contributed by atoms with E-state index in [1.54, 1.807) is 18.3 Å². The molecule has 0 aliphatic rings. The Morgan fingerprint density at radius 3 is 2.32 bits per heavy atom. The zero-order valence-corrected chi connectivity index (χ0v) is 14.9. The fraction of sp³-hybridized carbons (Fsp3) is 0.300. The maximum atomic E-state index is 11.8. The fourth-order valence-electron chi connectivity index (χ4n) is 2.17. The minimum Gasteiger partial charge on any atom is -0.490 e. The van der Waals surface area contributed by atoms with Gasteiger partial charge in [-0.25, -0.2) is 5.43 Å². The van der Waals surface area contributed by atoms with E-state index in [0.717, 1.165) is 5.56 Å². The summed E-state index contributed by atoms with van der Waals surface area (Å²) in [5.74, 6) is 1.31. The lowest BCUT2D eigenvalue weighted by Gasteiger charge is -2.10. The Kier molecular flexibility index (Phi) is 7.01. The average Bonchev–Trinajstić information content (AvgIpc) is 2.62. The normalized spacial score (nSPS) is 10.9. The summed E-state index contributed by atoms with van der Waals surface area (Å²) in [6, 6.07) is 15.3. The lowest BCUT2D eigenvalue weighted by molar-refractivity contribution is -0.123. The number of para-hydroxylation sites is 2. The summed E-state index contributed by atoms with van der Waals surface area (Å²) in [6.45, 7) is 6.59. The Hall–Kier alpha value is -2.82. The number of hydrogen-bond acceptors (Lipinski definition) is 4. The quantitative estimate of drug-likeness (QED) is 0.588. The highest BCUT2D eigenvalue weighted by molar-refractivity contribution is 5.83. The van der Waals surface area contributed by atoms with E-state index < -0.39 is 0 Å². The van der Waals surface area contributed by atoms with E-state index in [0.29, 0.717) is 24.0 Å². The van der Waals surface area contributed by atoms with Crippen LogP contribution in [-0.2, 0) is 4.79 Å². The van der Waals surface area contributed by atoms with Crippen molar-refractivity contribution in [1.29, 1.82) is 0 Å². The third-order valence-electron chi connectivity index (χ3n) is 3.51. The van der Waals surface area contributed by atoms with Gasteiger partial charge in [0, 0.05) is 0 Å². The first-order chi connectivity index (χ1) is 12.1. The standard InChI is InChI=1S/C20H24N2O3/c1-4-24-18-7-5-6-8-19(18)25-14-20(23)22-21-13-16-9-11-17(12-10-16)15(2)3/h5-13,15H,4,14H2,1-3H3,(H,22,23). The van der Waals surface area contributed by atoms with Crippen LogP contribution in [0.4, 0.5) is 0 Å². The highest BCUT2D eigenvalue weighted by Gasteiger charge is 2.06. The minimum absolute atomic E-state index is 0.131. The summed E-state index contributed by atoms with van der Waals surface area (Å²) < 4.78 is 10.9. The predicted octanol–water partition coefficient (Wildman–Crippen LogP) is 3.74. The summed E-state index contributed by atoms with van der Waals surface area (Å²) in [4.78, 5) is 11.8. The average molecular weight is 340 g/mol. The first-order valence-corrected chi connectivity index (χ1v) is 8.36. The molecular formula is C20H24N2O3. The maximum Gasteiger partial charge on any atom is 0.277 e. The van der Waals surface area contributed by atoms with Crippen LogP contribution in [0.25, 0.3) is 0 Å². The number of carbonyl (C=O) groups is 1. The number of rotatable bonds is 8. The molecule has 0 radical (unpaired) electrons. The number of hydrogen-bond donors (Lipinski definition) is 1. The van der Waals surface area contributed by atoms with E-state index in [-0.39, 0.29) is 12.5 Å². The Balaban J connectivity index is 1.82. The highest BCUT2D eigenvalue weighted by Crippen LogP contribution is 2.26. The molecule has 0 aromatic heterocycles. The topological polar surface area (TPSA) is 59.9 Å². The molecule has 0 saturated heterocycles. The van der Waals surface area contributed by atoms with Crippen molar-refractivity contribution < 1.29 is 14.3 Å². The van der Waals surface area contributed by atoms with Gasteiger partial charge in [-0.1, -0.05) is 50.2 Å². The van der Waals surface area contributed by atoms with Gasteiger partial charge in [-0.3, -0.25) is 4.79 Å². The monoisotopic (exact) mass is 340 g/mol. The Morgan fingerprint density at radius 2 is 1.72 bits per heavy atom. The van der Waals surface area contributed by atoms with Gasteiger partial charge in [0.2, 0.25) is 0 Å². The van der Waals surface area contributed by atoms with Gasteiger partial charge in [0.05, 0.1) is 12.8 Å². The largest absolute Gasteiger partial charge is 0.490 e. The molecule has 1 amide bonds. The summed E-state index contributed by atoms with van der Waals surface area (Å²) in [5.41, 5.74) is 4.64. The Labute approximate surface area is 148 Å². The summed E-state index contributed by atoms with van der Waals surface area (Å²) in [5, 5.41) is 3.95. The summed E-state index contributed by atoms with van der Waals surface area (Å²) >= 11 is 0. The van der Waals surface area contributed by atoms with Gasteiger partial charge in [-0.15, -0.1) is 0 Å². The lowest BCUT2D eigenvalue weighted by atomic mass is 10.0. The molecule has 5 heteroatoms. The molecule has 0 saturated carbocycles. The Morgan fingerprint density at radius 1 is 1.08 bits per heavy atom. The summed E-state index contributed by atoms with van der Waals surface area (Å²) in [7, 11) is 0. The number of carbonyl (C=O) groups excluding carboxylic acids is 1. The van der Waals surface area contributed by atoms with Crippen molar-refractivity contribution in [2.45, 2.75) is 26.7 Å². The first-order valence-electron chi connectivity index (χ1n) is 8.36. The zero-order chi connectivity index (χ0) is 18.1. The maximum absolute atomic E-state index is 11.8. The van der Waals surface area contributed by atoms with Crippen molar-refractivity contribution in [2.75, 3.05) is 13.2 Å². The zero-order valence-electron chi connectivity index (χ0n) is 14.9. The number of ether oxygens (including phenoxy) is 2. The van der Waals surface area contributed by atoms with Gasteiger partial charge in [0.25, 0.3) is 5.91 Å². The molecule has 1 N–H and O–H groups in total. The van der Waals surface area contributed by atoms with E-state index in [9.17, 15) is 4.79 Å². The number of nitrogens with one attached hydrogen (secondary N) is 1. The molecule has 0 aliphatic carbocycles. The Bertz CT molecular complexity index is 709. The van der Waals surface area contributed by atoms with Crippen LogP contribution in [0.3, 0.4) is 0 Å². The first kappa shape index (κ1) is 18.5. The van der Waals surface area contributed by atoms with Gasteiger partial charge in [-0.05, 0) is 36.1 Å². The van der Waals surface area contributed by atoms with E-state index in [1.165, 1.54) is 5.56 Å². The van der Waals surface area contributed by atoms with E-state index in [1.807, 2.05) is 31.2 Å². The van der Waals surface area contributed by atoms with Crippen molar-refractivity contribution >= 4 is 12.1 Å². The number of amides is 1. The van der Waals surface area contributed by atoms with Crippen LogP contribution in [-0.4, -0.2) is 25.3 Å². The van der Waals surface area contributed by atoms with Gasteiger partial charge in [0.1, 0.15) is 0 Å². The van der Waals surface area contributed by atoms with E-state index in [4.69, 9.17) is 9.47 Å². The van der Waals surface area contributed by atoms with Gasteiger partial charge in [-0.2, -0.15) is 5.10 Å². The molecule has 132 valence electrons. The molecule has 0 fully saturated rings. The van der Waals surface area contributed by atoms with Crippen molar-refractivity contribution in [1.82, 2.24) is 5.43 Å². The van der Waals surface area contributed by atoms with Crippen LogP contribution >= 0.6 is 0 Å². The van der Waals surface area contributed by atoms with Crippen LogP contribution in [0.1, 0.15) is 37.8 Å². The van der Waals surface area contributed by atoms with Gasteiger partial charge < -0.3 is 9.47 Å². The van der Waals surface area contributed by atoms with Crippen LogP contribution in [0.15, 0.2) is 53.6 Å². The molecule has 0 heterocycles. The third-order valence-corrected chi connectivity index (χ3v) is 3.51. The minimum atomic E-state index is -0.332. The predicted molar refractivity (Wildman–Crippen MR) is 99.4 cm³/mol. The highest BCUT2D eigenvalue weighted by atomic mass is 16.5. The number of nitrogens with zero attached hydrogens (tertiary/aromatic N) is 1. The molecule has 0 spiro atoms. The van der Waals surface area contributed by atoms with Crippen molar-refractivity contribution in [2.24, 2.45) is 5.10 Å². The molecule has 2 rings (SSSR count). The molecule has 0 bridgehead atoms. The fourth-order valence-corrected chi connectivity index (χ4v) is 2.17. The molecule has 0 unspecified atom stereocenters. The summed E-state index contributed by atoms with van der Waals surface area (Å²) in [6.07, 6.45) is 1.61. The van der Waals surface area contributed by atoms with Crippen LogP contribution < -0.4 is 14.9 Å². The molecule has 2 aromatic rings. The second-order valence-electron chi connectivity index (χ2n) is 5.78.